The quantitative estimate of drug-likeness (QED) is 0.169. The minimum absolute atomic E-state index is 0.609. The van der Waals surface area contributed by atoms with Crippen LogP contribution in [0.2, 0.25) is 0 Å². The zero-order valence-corrected chi connectivity index (χ0v) is 33.0. The van der Waals surface area contributed by atoms with Crippen LogP contribution in [0.3, 0.4) is 0 Å². The van der Waals surface area contributed by atoms with E-state index in [9.17, 15) is 0 Å². The SMILES string of the molecule is c1ccc(-c2ccc(-c3nc(-c4ccc(-c5nc6ccccc6c6sc7ccccc7c56)cc4)nc(-c4ccc(-n5c6ccccc6c6ccccc65)cc4)n3)cc2)cc1. The summed E-state index contributed by atoms with van der Waals surface area (Å²) in [6.45, 7) is 0. The van der Waals surface area contributed by atoms with Gasteiger partial charge in [0.15, 0.2) is 17.5 Å². The van der Waals surface area contributed by atoms with Gasteiger partial charge in [-0.25, -0.2) is 19.9 Å². The highest BCUT2D eigenvalue weighted by molar-refractivity contribution is 7.26. The fourth-order valence-electron chi connectivity index (χ4n) is 8.56. The van der Waals surface area contributed by atoms with E-state index in [-0.39, 0.29) is 0 Å². The summed E-state index contributed by atoms with van der Waals surface area (Å²) in [5.74, 6) is 1.84. The Bertz CT molecular complexity index is 3520. The normalized spacial score (nSPS) is 11.7. The molecule has 0 amide bonds. The van der Waals surface area contributed by atoms with E-state index in [1.165, 1.54) is 47.4 Å². The van der Waals surface area contributed by atoms with E-state index < -0.39 is 0 Å². The van der Waals surface area contributed by atoms with Crippen LogP contribution in [-0.4, -0.2) is 24.5 Å². The van der Waals surface area contributed by atoms with Crippen molar-refractivity contribution >= 4 is 64.2 Å². The molecule has 0 atom stereocenters. The van der Waals surface area contributed by atoms with Crippen LogP contribution in [0.25, 0.3) is 115 Å². The molecule has 6 heteroatoms. The van der Waals surface area contributed by atoms with E-state index in [1.807, 2.05) is 17.4 Å². The summed E-state index contributed by atoms with van der Waals surface area (Å²) in [5.41, 5.74) is 11.5. The molecule has 8 aromatic carbocycles. The van der Waals surface area contributed by atoms with Gasteiger partial charge in [-0.15, -0.1) is 11.3 Å². The van der Waals surface area contributed by atoms with Crippen LogP contribution < -0.4 is 0 Å². The van der Waals surface area contributed by atoms with Crippen molar-refractivity contribution in [3.8, 4) is 62.2 Å². The predicted molar refractivity (Wildman–Crippen MR) is 250 cm³/mol. The summed E-state index contributed by atoms with van der Waals surface area (Å²) in [5, 5.41) is 6.06. The van der Waals surface area contributed by atoms with Gasteiger partial charge < -0.3 is 4.57 Å². The van der Waals surface area contributed by atoms with Gasteiger partial charge in [-0.1, -0.05) is 152 Å². The molecule has 12 aromatic rings. The second-order valence-electron chi connectivity index (χ2n) is 15.0. The molecule has 4 aromatic heterocycles. The Labute approximate surface area is 349 Å². The molecular weight excluding hydrogens is 751 g/mol. The van der Waals surface area contributed by atoms with E-state index in [4.69, 9.17) is 19.9 Å². The predicted octanol–water partition coefficient (Wildman–Crippen LogP) is 14.2. The first kappa shape index (κ1) is 34.3. The van der Waals surface area contributed by atoms with Gasteiger partial charge in [-0.05, 0) is 59.7 Å². The lowest BCUT2D eigenvalue weighted by molar-refractivity contribution is 1.07. The first-order chi connectivity index (χ1) is 29.7. The zero-order valence-electron chi connectivity index (χ0n) is 32.2. The summed E-state index contributed by atoms with van der Waals surface area (Å²) in [4.78, 5) is 20.6. The topological polar surface area (TPSA) is 56.5 Å². The fraction of sp³-hybridized carbons (Fsp3) is 0. The van der Waals surface area contributed by atoms with Gasteiger partial charge in [0.1, 0.15) is 0 Å². The molecule has 0 unspecified atom stereocenters. The lowest BCUT2D eigenvalue weighted by Crippen LogP contribution is -2.01. The Hall–Kier alpha value is -7.80. The average molecular weight is 784 g/mol. The summed E-state index contributed by atoms with van der Waals surface area (Å²) < 4.78 is 4.84. The zero-order chi connectivity index (χ0) is 39.6. The number of nitrogens with zero attached hydrogens (tertiary/aromatic N) is 5. The molecule has 0 aliphatic heterocycles. The number of benzene rings is 8. The maximum Gasteiger partial charge on any atom is 0.164 e. The van der Waals surface area contributed by atoms with Gasteiger partial charge >= 0.3 is 0 Å². The number of fused-ring (bicyclic) bond motifs is 8. The van der Waals surface area contributed by atoms with Crippen molar-refractivity contribution in [2.75, 3.05) is 0 Å². The molecule has 4 heterocycles. The fourth-order valence-corrected chi connectivity index (χ4v) is 9.80. The molecule has 280 valence electrons. The Kier molecular flexibility index (Phi) is 7.96. The standard InChI is InChI=1S/C54H33N5S/c1-2-12-34(13-3-1)35-22-26-37(27-23-35)52-56-53(58-54(57-52)39-30-32-40(33-31-39)59-46-19-9-5-14-41(46)42-15-6-10-20-47(42)59)38-28-24-36(25-29-38)50-49-44-17-7-11-21-48(44)60-51(49)43-16-4-8-18-45(43)55-50/h1-33H. The van der Waals surface area contributed by atoms with Crippen molar-refractivity contribution in [1.29, 1.82) is 0 Å². The number of hydrogen-bond donors (Lipinski definition) is 0. The van der Waals surface area contributed by atoms with Crippen LogP contribution in [0.4, 0.5) is 0 Å². The van der Waals surface area contributed by atoms with Crippen LogP contribution in [0, 0.1) is 0 Å². The van der Waals surface area contributed by atoms with Crippen LogP contribution in [0.5, 0.6) is 0 Å². The number of thiophene rings is 1. The number of rotatable bonds is 6. The lowest BCUT2D eigenvalue weighted by Gasteiger charge is -2.12. The highest BCUT2D eigenvalue weighted by Crippen LogP contribution is 2.43. The van der Waals surface area contributed by atoms with Crippen molar-refractivity contribution in [2.45, 2.75) is 0 Å². The van der Waals surface area contributed by atoms with E-state index in [0.717, 1.165) is 50.3 Å². The largest absolute Gasteiger partial charge is 0.309 e. The lowest BCUT2D eigenvalue weighted by atomic mass is 10.0. The van der Waals surface area contributed by atoms with Crippen LogP contribution in [-0.2, 0) is 0 Å². The average Bonchev–Trinajstić information content (AvgIpc) is 3.89. The summed E-state index contributed by atoms with van der Waals surface area (Å²) in [6, 6.07) is 70.2. The summed E-state index contributed by atoms with van der Waals surface area (Å²) >= 11 is 1.83. The summed E-state index contributed by atoms with van der Waals surface area (Å²) in [7, 11) is 0. The molecule has 0 aliphatic carbocycles. The highest BCUT2D eigenvalue weighted by Gasteiger charge is 2.18. The minimum Gasteiger partial charge on any atom is -0.309 e. The number of pyridine rings is 1. The molecule has 0 spiro atoms. The van der Waals surface area contributed by atoms with Crippen molar-refractivity contribution in [1.82, 2.24) is 24.5 Å². The Morgan fingerprint density at radius 2 is 0.783 bits per heavy atom. The Balaban J connectivity index is 0.974. The van der Waals surface area contributed by atoms with Crippen LogP contribution in [0.1, 0.15) is 0 Å². The maximum atomic E-state index is 5.26. The Morgan fingerprint density at radius 3 is 1.40 bits per heavy atom. The number of para-hydroxylation sites is 3. The minimum atomic E-state index is 0.609. The molecule has 0 aliphatic rings. The molecule has 0 fully saturated rings. The second-order valence-corrected chi connectivity index (χ2v) is 16.1. The van der Waals surface area contributed by atoms with Crippen LogP contribution in [0.15, 0.2) is 200 Å². The molecule has 0 N–H and O–H groups in total. The second kappa shape index (κ2) is 13.9. The van der Waals surface area contributed by atoms with Crippen molar-refractivity contribution in [2.24, 2.45) is 0 Å². The van der Waals surface area contributed by atoms with E-state index in [1.54, 1.807) is 0 Å². The Morgan fingerprint density at radius 1 is 0.333 bits per heavy atom. The van der Waals surface area contributed by atoms with E-state index >= 15 is 0 Å². The molecule has 0 radical (unpaired) electrons. The first-order valence-corrected chi connectivity index (χ1v) is 20.9. The highest BCUT2D eigenvalue weighted by atomic mass is 32.1. The number of hydrogen-bond acceptors (Lipinski definition) is 5. The molecule has 12 rings (SSSR count). The third kappa shape index (κ3) is 5.69. The van der Waals surface area contributed by atoms with Gasteiger partial charge in [-0.3, -0.25) is 0 Å². The van der Waals surface area contributed by atoms with Gasteiger partial charge in [0.05, 0.1) is 22.2 Å². The molecule has 0 saturated carbocycles. The maximum absolute atomic E-state index is 5.26. The smallest absolute Gasteiger partial charge is 0.164 e. The van der Waals surface area contributed by atoms with Gasteiger partial charge in [0.25, 0.3) is 0 Å². The monoisotopic (exact) mass is 783 g/mol. The summed E-state index contributed by atoms with van der Waals surface area (Å²) in [6.07, 6.45) is 0. The van der Waals surface area contributed by atoms with Crippen molar-refractivity contribution in [3.05, 3.63) is 200 Å². The third-order valence-corrected chi connectivity index (χ3v) is 12.7. The third-order valence-electron chi connectivity index (χ3n) is 11.5. The van der Waals surface area contributed by atoms with Gasteiger partial charge in [0, 0.05) is 64.3 Å². The van der Waals surface area contributed by atoms with Crippen molar-refractivity contribution < 1.29 is 0 Å². The van der Waals surface area contributed by atoms with Gasteiger partial charge in [0.2, 0.25) is 0 Å². The molecule has 0 bridgehead atoms. The molecule has 5 nitrogen and oxygen atoms in total. The van der Waals surface area contributed by atoms with Crippen LogP contribution >= 0.6 is 11.3 Å². The number of aromatic nitrogens is 5. The molecule has 60 heavy (non-hydrogen) atoms. The van der Waals surface area contributed by atoms with Crippen molar-refractivity contribution in [3.63, 3.8) is 0 Å². The van der Waals surface area contributed by atoms with E-state index in [0.29, 0.717) is 17.5 Å². The molecular formula is C54H33N5S. The first-order valence-electron chi connectivity index (χ1n) is 20.1. The molecule has 0 saturated heterocycles. The van der Waals surface area contributed by atoms with E-state index in [2.05, 4.69) is 199 Å². The van der Waals surface area contributed by atoms with Gasteiger partial charge in [-0.2, -0.15) is 0 Å².